The van der Waals surface area contributed by atoms with Gasteiger partial charge in [0.1, 0.15) is 5.58 Å². The molecule has 1 spiro atoms. The van der Waals surface area contributed by atoms with Gasteiger partial charge in [-0.15, -0.1) is 0 Å². The Hall–Kier alpha value is -4.19. The van der Waals surface area contributed by atoms with Gasteiger partial charge in [0.2, 0.25) is 5.76 Å². The second kappa shape index (κ2) is 7.15. The van der Waals surface area contributed by atoms with Crippen LogP contribution in [0.3, 0.4) is 0 Å². The molecule has 35 heavy (non-hydrogen) atoms. The zero-order valence-corrected chi connectivity index (χ0v) is 20.0. The van der Waals surface area contributed by atoms with Gasteiger partial charge in [-0.2, -0.15) is 0 Å². The first-order chi connectivity index (χ1) is 16.7. The van der Waals surface area contributed by atoms with Crippen molar-refractivity contribution in [1.29, 1.82) is 0 Å². The van der Waals surface area contributed by atoms with Crippen molar-refractivity contribution in [3.8, 4) is 0 Å². The Morgan fingerprint density at radius 3 is 2.31 bits per heavy atom. The molecule has 0 aliphatic carbocycles. The Bertz CT molecular complexity index is 1630. The van der Waals surface area contributed by atoms with Crippen molar-refractivity contribution in [1.82, 2.24) is 4.90 Å². The lowest BCUT2D eigenvalue weighted by Gasteiger charge is -2.34. The topological polar surface area (TPSA) is 70.8 Å². The molecule has 0 saturated carbocycles. The molecule has 0 fully saturated rings. The number of likely N-dealkylation sites (N-methyl/N-ethyl adjacent to an activating group) is 1. The largest absolute Gasteiger partial charge is 0.450 e. The summed E-state index contributed by atoms with van der Waals surface area (Å²) < 4.78 is 6.14. The highest BCUT2D eigenvalue weighted by molar-refractivity contribution is 6.16. The van der Waals surface area contributed by atoms with E-state index in [1.165, 1.54) is 9.80 Å². The summed E-state index contributed by atoms with van der Waals surface area (Å²) in [4.78, 5) is 45.2. The highest BCUT2D eigenvalue weighted by Crippen LogP contribution is 2.52. The molecule has 4 aromatic rings. The fourth-order valence-electron chi connectivity index (χ4n) is 5.45. The number of rotatable bonds is 2. The van der Waals surface area contributed by atoms with Crippen molar-refractivity contribution in [2.75, 3.05) is 11.9 Å². The zero-order chi connectivity index (χ0) is 24.6. The number of amides is 2. The second-order valence-electron chi connectivity index (χ2n) is 9.54. The quantitative estimate of drug-likeness (QED) is 0.435. The van der Waals surface area contributed by atoms with Gasteiger partial charge in [-0.05, 0) is 55.7 Å². The fourth-order valence-corrected chi connectivity index (χ4v) is 5.45. The van der Waals surface area contributed by atoms with Crippen LogP contribution in [0.1, 0.15) is 43.9 Å². The number of anilines is 1. The molecule has 6 heteroatoms. The Morgan fingerprint density at radius 2 is 1.57 bits per heavy atom. The maximum absolute atomic E-state index is 14.1. The zero-order valence-electron chi connectivity index (χ0n) is 20.0. The molecule has 0 saturated heterocycles. The standard InChI is InChI=1S/C29H24N2O4/c1-16-9-11-19(12-10-16)15-31-27(33)26-24(25(32)20-13-17(2)18(3)14-23(20)35-26)29(31)21-7-5-6-8-22(21)30(4)28(29)34/h5-14H,15H2,1-4H3. The third kappa shape index (κ3) is 2.68. The minimum Gasteiger partial charge on any atom is -0.450 e. The van der Waals surface area contributed by atoms with Crippen molar-refractivity contribution in [3.63, 3.8) is 0 Å². The second-order valence-corrected chi connectivity index (χ2v) is 9.54. The lowest BCUT2D eigenvalue weighted by molar-refractivity contribution is -0.126. The molecule has 0 radical (unpaired) electrons. The Balaban J connectivity index is 1.71. The highest BCUT2D eigenvalue weighted by Gasteiger charge is 2.64. The summed E-state index contributed by atoms with van der Waals surface area (Å²) in [5, 5.41) is 0.371. The van der Waals surface area contributed by atoms with Crippen molar-refractivity contribution < 1.29 is 14.0 Å². The SMILES string of the molecule is Cc1ccc(CN2C(=O)c3oc4cc(C)c(C)cc4c(=O)c3C23C(=O)N(C)c2ccccc23)cc1. The molecule has 2 amide bonds. The molecule has 1 atom stereocenters. The molecule has 2 aliphatic rings. The van der Waals surface area contributed by atoms with Crippen LogP contribution in [0.5, 0.6) is 0 Å². The number of hydrogen-bond donors (Lipinski definition) is 0. The van der Waals surface area contributed by atoms with E-state index in [0.717, 1.165) is 22.3 Å². The first-order valence-electron chi connectivity index (χ1n) is 11.6. The predicted molar refractivity (Wildman–Crippen MR) is 134 cm³/mol. The van der Waals surface area contributed by atoms with Crippen molar-refractivity contribution in [2.45, 2.75) is 32.9 Å². The van der Waals surface area contributed by atoms with Crippen molar-refractivity contribution in [2.24, 2.45) is 0 Å². The molecule has 6 nitrogen and oxygen atoms in total. The van der Waals surface area contributed by atoms with Crippen molar-refractivity contribution in [3.05, 3.63) is 110 Å². The number of carbonyl (C=O) groups excluding carboxylic acids is 2. The van der Waals surface area contributed by atoms with Gasteiger partial charge >= 0.3 is 0 Å². The lowest BCUT2D eigenvalue weighted by Crippen LogP contribution is -2.52. The number of para-hydroxylation sites is 1. The van der Waals surface area contributed by atoms with Gasteiger partial charge in [-0.1, -0.05) is 48.0 Å². The third-order valence-electron chi connectivity index (χ3n) is 7.44. The molecule has 1 aromatic heterocycles. The maximum atomic E-state index is 14.1. The average Bonchev–Trinajstić information content (AvgIpc) is 3.22. The minimum absolute atomic E-state index is 0.0590. The summed E-state index contributed by atoms with van der Waals surface area (Å²) in [7, 11) is 1.68. The van der Waals surface area contributed by atoms with E-state index in [1.54, 1.807) is 19.2 Å². The third-order valence-corrected chi connectivity index (χ3v) is 7.44. The van der Waals surface area contributed by atoms with Gasteiger partial charge in [0.15, 0.2) is 11.0 Å². The van der Waals surface area contributed by atoms with Gasteiger partial charge in [-0.25, -0.2) is 0 Å². The number of hydrogen-bond acceptors (Lipinski definition) is 4. The van der Waals surface area contributed by atoms with E-state index < -0.39 is 11.4 Å². The van der Waals surface area contributed by atoms with E-state index in [4.69, 9.17) is 4.42 Å². The Morgan fingerprint density at radius 1 is 0.886 bits per heavy atom. The van der Waals surface area contributed by atoms with E-state index in [-0.39, 0.29) is 29.2 Å². The number of fused-ring (bicyclic) bond motifs is 5. The summed E-state index contributed by atoms with van der Waals surface area (Å²) in [6.45, 7) is 6.01. The molecule has 3 heterocycles. The summed E-state index contributed by atoms with van der Waals surface area (Å²) in [6.07, 6.45) is 0. The molecular weight excluding hydrogens is 440 g/mol. The van der Waals surface area contributed by atoms with Gasteiger partial charge < -0.3 is 14.2 Å². The lowest BCUT2D eigenvalue weighted by atomic mass is 9.83. The monoisotopic (exact) mass is 464 g/mol. The molecule has 3 aromatic carbocycles. The minimum atomic E-state index is -1.59. The molecule has 6 rings (SSSR count). The van der Waals surface area contributed by atoms with Gasteiger partial charge in [-0.3, -0.25) is 14.4 Å². The molecule has 2 aliphatic heterocycles. The number of carbonyl (C=O) groups is 2. The average molecular weight is 465 g/mol. The van der Waals surface area contributed by atoms with Gasteiger partial charge in [0.05, 0.1) is 10.9 Å². The Labute approximate surface area is 202 Å². The van der Waals surface area contributed by atoms with E-state index in [2.05, 4.69) is 0 Å². The van der Waals surface area contributed by atoms with Crippen LogP contribution in [0.25, 0.3) is 11.0 Å². The fraction of sp³-hybridized carbons (Fsp3) is 0.207. The summed E-state index contributed by atoms with van der Waals surface area (Å²) >= 11 is 0. The number of aryl methyl sites for hydroxylation is 3. The molecule has 0 bridgehead atoms. The highest BCUT2D eigenvalue weighted by atomic mass is 16.3. The molecular formula is C29H24N2O4. The summed E-state index contributed by atoms with van der Waals surface area (Å²) in [6, 6.07) is 18.7. The smallest absolute Gasteiger partial charge is 0.291 e. The number of benzene rings is 3. The van der Waals surface area contributed by atoms with E-state index in [9.17, 15) is 14.4 Å². The maximum Gasteiger partial charge on any atom is 0.291 e. The van der Waals surface area contributed by atoms with E-state index in [0.29, 0.717) is 22.2 Å². The van der Waals surface area contributed by atoms with Crippen LogP contribution in [0, 0.1) is 20.8 Å². The first kappa shape index (κ1) is 21.4. The van der Waals surface area contributed by atoms with E-state index >= 15 is 0 Å². The molecule has 0 N–H and O–H groups in total. The van der Waals surface area contributed by atoms with Crippen LogP contribution in [0.4, 0.5) is 5.69 Å². The summed E-state index contributed by atoms with van der Waals surface area (Å²) in [5.74, 6) is -0.860. The predicted octanol–water partition coefficient (Wildman–Crippen LogP) is 4.59. The van der Waals surface area contributed by atoms with Crippen LogP contribution in [-0.4, -0.2) is 23.8 Å². The van der Waals surface area contributed by atoms with Crippen LogP contribution < -0.4 is 10.3 Å². The van der Waals surface area contributed by atoms with E-state index in [1.807, 2.05) is 69.3 Å². The van der Waals surface area contributed by atoms with Crippen LogP contribution >= 0.6 is 0 Å². The van der Waals surface area contributed by atoms with Crippen LogP contribution in [0.2, 0.25) is 0 Å². The van der Waals surface area contributed by atoms with Gasteiger partial charge in [0, 0.05) is 24.8 Å². The first-order valence-corrected chi connectivity index (χ1v) is 11.6. The summed E-state index contributed by atoms with van der Waals surface area (Å²) in [5.41, 5.74) is 3.66. The number of nitrogens with zero attached hydrogens (tertiary/aromatic N) is 2. The molecule has 174 valence electrons. The molecule has 1 unspecified atom stereocenters. The van der Waals surface area contributed by atoms with Crippen LogP contribution in [0.15, 0.2) is 69.9 Å². The van der Waals surface area contributed by atoms with Crippen molar-refractivity contribution >= 4 is 28.5 Å². The van der Waals surface area contributed by atoms with Gasteiger partial charge in [0.25, 0.3) is 11.8 Å². The Kier molecular flexibility index (Phi) is 4.36. The van der Waals surface area contributed by atoms with Crippen LogP contribution in [-0.2, 0) is 16.9 Å². The normalized spacial score (nSPS) is 18.6.